The first-order valence-electron chi connectivity index (χ1n) is 18.1. The first kappa shape index (κ1) is 33.9. The van der Waals surface area contributed by atoms with E-state index in [-0.39, 0.29) is 0 Å². The van der Waals surface area contributed by atoms with Crippen LogP contribution in [0.25, 0.3) is 95.2 Å². The summed E-state index contributed by atoms with van der Waals surface area (Å²) in [5.41, 5.74) is 12.7. The SMILES string of the molecule is [C-]#[N+]c1ccc(-c2cc(-c3ccccn3)nc(-c3ccc(-c4ccc(-c5ccc(-c6nc(-c7ccccc7)nc(-c7ccccc7)n6)cc5)cc4)cn3)c2)cc1. The zero-order valence-electron chi connectivity index (χ0n) is 30.0. The lowest BCUT2D eigenvalue weighted by Gasteiger charge is -2.10. The molecule has 5 aromatic carbocycles. The van der Waals surface area contributed by atoms with Crippen molar-refractivity contribution in [3.63, 3.8) is 0 Å². The Morgan fingerprint density at radius 1 is 0.321 bits per heavy atom. The summed E-state index contributed by atoms with van der Waals surface area (Å²) in [5, 5.41) is 0. The van der Waals surface area contributed by atoms with Crippen LogP contribution in [-0.2, 0) is 0 Å². The molecule has 0 aliphatic heterocycles. The molecule has 4 aromatic heterocycles. The van der Waals surface area contributed by atoms with E-state index in [2.05, 4.69) is 64.4 Å². The van der Waals surface area contributed by atoms with Gasteiger partial charge < -0.3 is 0 Å². The molecule has 9 aromatic rings. The fourth-order valence-electron chi connectivity index (χ4n) is 6.52. The normalized spacial score (nSPS) is 10.8. The molecule has 0 N–H and O–H groups in total. The van der Waals surface area contributed by atoms with E-state index >= 15 is 0 Å². The van der Waals surface area contributed by atoms with Gasteiger partial charge in [-0.3, -0.25) is 9.97 Å². The summed E-state index contributed by atoms with van der Waals surface area (Å²) in [6.45, 7) is 7.32. The second-order valence-electron chi connectivity index (χ2n) is 13.1. The van der Waals surface area contributed by atoms with Crippen LogP contribution in [0.2, 0.25) is 0 Å². The molecule has 0 spiro atoms. The summed E-state index contributed by atoms with van der Waals surface area (Å²) in [5.74, 6) is 1.90. The topological polar surface area (TPSA) is 81.7 Å². The maximum atomic E-state index is 7.32. The Balaban J connectivity index is 0.968. The van der Waals surface area contributed by atoms with Crippen LogP contribution in [-0.4, -0.2) is 29.9 Å². The van der Waals surface area contributed by atoms with Crippen LogP contribution in [0.3, 0.4) is 0 Å². The Hall–Kier alpha value is -7.95. The van der Waals surface area contributed by atoms with E-state index in [1.807, 2.05) is 128 Å². The summed E-state index contributed by atoms with van der Waals surface area (Å²) in [6.07, 6.45) is 3.66. The standard InChI is InChI=1S/C49H31N7/c1-50-42-26-23-36(24-27-42)41-30-45(43-14-8-9-29-51-43)53-46(31-41)44-28-25-40(32-52-44)35-17-15-33(16-18-35)34-19-21-39(22-20-34)49-55-47(37-10-4-2-5-11-37)54-48(56-49)38-12-6-3-7-13-38/h2-32H. The van der Waals surface area contributed by atoms with Crippen LogP contribution in [0.5, 0.6) is 0 Å². The number of nitrogens with zero attached hydrogens (tertiary/aromatic N) is 7. The molecule has 0 atom stereocenters. The van der Waals surface area contributed by atoms with Gasteiger partial charge in [0.25, 0.3) is 0 Å². The second-order valence-corrected chi connectivity index (χ2v) is 13.1. The monoisotopic (exact) mass is 717 g/mol. The molecule has 0 radical (unpaired) electrons. The molecule has 0 fully saturated rings. The van der Waals surface area contributed by atoms with E-state index in [1.54, 1.807) is 6.20 Å². The summed E-state index contributed by atoms with van der Waals surface area (Å²) in [6, 6.07) is 58.4. The predicted octanol–water partition coefficient (Wildman–Crippen LogP) is 11.9. The van der Waals surface area contributed by atoms with Crippen molar-refractivity contribution < 1.29 is 0 Å². The van der Waals surface area contributed by atoms with Gasteiger partial charge in [0.1, 0.15) is 0 Å². The van der Waals surface area contributed by atoms with E-state index < -0.39 is 0 Å². The smallest absolute Gasteiger partial charge is 0.187 e. The first-order chi connectivity index (χ1) is 27.7. The molecule has 0 saturated heterocycles. The van der Waals surface area contributed by atoms with E-state index in [0.717, 1.165) is 72.8 Å². The van der Waals surface area contributed by atoms with E-state index in [0.29, 0.717) is 23.2 Å². The Kier molecular flexibility index (Phi) is 9.18. The zero-order valence-corrected chi connectivity index (χ0v) is 30.0. The number of hydrogen-bond acceptors (Lipinski definition) is 6. The third kappa shape index (κ3) is 7.19. The van der Waals surface area contributed by atoms with Crippen molar-refractivity contribution in [3.8, 4) is 90.3 Å². The van der Waals surface area contributed by atoms with Gasteiger partial charge in [0, 0.05) is 34.6 Å². The third-order valence-electron chi connectivity index (χ3n) is 9.50. The number of aromatic nitrogens is 6. The van der Waals surface area contributed by atoms with Crippen molar-refractivity contribution in [2.45, 2.75) is 0 Å². The van der Waals surface area contributed by atoms with Crippen molar-refractivity contribution in [2.24, 2.45) is 0 Å². The van der Waals surface area contributed by atoms with Crippen molar-refractivity contribution in [1.29, 1.82) is 0 Å². The average Bonchev–Trinajstić information content (AvgIpc) is 3.30. The van der Waals surface area contributed by atoms with Gasteiger partial charge >= 0.3 is 0 Å². The Bertz CT molecular complexity index is 2740. The van der Waals surface area contributed by atoms with Crippen molar-refractivity contribution in [2.75, 3.05) is 0 Å². The fraction of sp³-hybridized carbons (Fsp3) is 0. The van der Waals surface area contributed by atoms with Crippen LogP contribution in [0.15, 0.2) is 188 Å². The highest BCUT2D eigenvalue weighted by molar-refractivity contribution is 5.77. The molecule has 0 aliphatic carbocycles. The lowest BCUT2D eigenvalue weighted by molar-refractivity contribution is 1.07. The zero-order chi connectivity index (χ0) is 37.7. The molecule has 262 valence electrons. The molecule has 7 nitrogen and oxygen atoms in total. The maximum absolute atomic E-state index is 7.32. The molecule has 9 rings (SSSR count). The minimum Gasteiger partial charge on any atom is -0.255 e. The minimum atomic E-state index is 0.600. The van der Waals surface area contributed by atoms with Gasteiger partial charge in [-0.15, -0.1) is 0 Å². The summed E-state index contributed by atoms with van der Waals surface area (Å²) >= 11 is 0. The van der Waals surface area contributed by atoms with Gasteiger partial charge in [-0.1, -0.05) is 146 Å². The number of pyridine rings is 3. The molecule has 0 bridgehead atoms. The van der Waals surface area contributed by atoms with Crippen molar-refractivity contribution in [1.82, 2.24) is 29.9 Å². The molecule has 7 heteroatoms. The van der Waals surface area contributed by atoms with Crippen LogP contribution < -0.4 is 0 Å². The summed E-state index contributed by atoms with van der Waals surface area (Å²) in [4.78, 5) is 32.4. The lowest BCUT2D eigenvalue weighted by Crippen LogP contribution is -2.00. The highest BCUT2D eigenvalue weighted by Crippen LogP contribution is 2.32. The van der Waals surface area contributed by atoms with E-state index in [4.69, 9.17) is 31.5 Å². The van der Waals surface area contributed by atoms with Crippen LogP contribution in [0, 0.1) is 6.57 Å². The predicted molar refractivity (Wildman–Crippen MR) is 223 cm³/mol. The van der Waals surface area contributed by atoms with Gasteiger partial charge in [-0.2, -0.15) is 0 Å². The second kappa shape index (κ2) is 15.2. The largest absolute Gasteiger partial charge is 0.255 e. The summed E-state index contributed by atoms with van der Waals surface area (Å²) < 4.78 is 0. The number of hydrogen-bond donors (Lipinski definition) is 0. The molecule has 0 amide bonds. The third-order valence-corrected chi connectivity index (χ3v) is 9.50. The van der Waals surface area contributed by atoms with Gasteiger partial charge in [0.15, 0.2) is 23.2 Å². The molecule has 0 saturated carbocycles. The van der Waals surface area contributed by atoms with Crippen LogP contribution >= 0.6 is 0 Å². The Morgan fingerprint density at radius 2 is 0.750 bits per heavy atom. The van der Waals surface area contributed by atoms with Crippen LogP contribution in [0.1, 0.15) is 0 Å². The molecular weight excluding hydrogens is 687 g/mol. The van der Waals surface area contributed by atoms with E-state index in [1.165, 1.54) is 0 Å². The van der Waals surface area contributed by atoms with Gasteiger partial charge in [0.2, 0.25) is 0 Å². The van der Waals surface area contributed by atoms with Crippen molar-refractivity contribution in [3.05, 3.63) is 200 Å². The van der Waals surface area contributed by atoms with Crippen LogP contribution in [0.4, 0.5) is 5.69 Å². The molecular formula is C49H31N7. The average molecular weight is 718 g/mol. The van der Waals surface area contributed by atoms with E-state index in [9.17, 15) is 0 Å². The quantitative estimate of drug-likeness (QED) is 0.146. The molecule has 56 heavy (non-hydrogen) atoms. The Morgan fingerprint density at radius 3 is 1.23 bits per heavy atom. The maximum Gasteiger partial charge on any atom is 0.187 e. The minimum absolute atomic E-state index is 0.600. The number of benzene rings is 5. The number of rotatable bonds is 8. The Labute approximate surface area is 324 Å². The van der Waals surface area contributed by atoms with Gasteiger partial charge in [0.05, 0.1) is 29.3 Å². The first-order valence-corrected chi connectivity index (χ1v) is 18.1. The fourth-order valence-corrected chi connectivity index (χ4v) is 6.52. The van der Waals surface area contributed by atoms with Gasteiger partial charge in [-0.05, 0) is 58.1 Å². The molecule has 0 unspecified atom stereocenters. The lowest BCUT2D eigenvalue weighted by atomic mass is 9.99. The summed E-state index contributed by atoms with van der Waals surface area (Å²) in [7, 11) is 0. The van der Waals surface area contributed by atoms with Gasteiger partial charge in [-0.25, -0.2) is 24.8 Å². The highest BCUT2D eigenvalue weighted by atomic mass is 15.0. The van der Waals surface area contributed by atoms with Crippen molar-refractivity contribution >= 4 is 5.69 Å². The molecule has 4 heterocycles. The molecule has 0 aliphatic rings. The highest BCUT2D eigenvalue weighted by Gasteiger charge is 2.14.